The Hall–Kier alpha value is -1.81. The van der Waals surface area contributed by atoms with Gasteiger partial charge in [-0.25, -0.2) is 0 Å². The van der Waals surface area contributed by atoms with Crippen LogP contribution in [0.15, 0.2) is 30.5 Å². The Bertz CT molecular complexity index is 563. The van der Waals surface area contributed by atoms with Gasteiger partial charge >= 0.3 is 0 Å². The van der Waals surface area contributed by atoms with Crippen molar-refractivity contribution in [2.75, 3.05) is 30.7 Å². The lowest BCUT2D eigenvalue weighted by atomic mass is 10.1. The second kappa shape index (κ2) is 6.57. The maximum absolute atomic E-state index is 6.25. The van der Waals surface area contributed by atoms with Crippen molar-refractivity contribution >= 4 is 22.3 Å². The first-order valence-electron chi connectivity index (χ1n) is 7.27. The van der Waals surface area contributed by atoms with Gasteiger partial charge in [0.05, 0.1) is 16.9 Å². The number of pyridine rings is 1. The Kier molecular flexibility index (Phi) is 4.79. The van der Waals surface area contributed by atoms with Gasteiger partial charge in [0.15, 0.2) is 0 Å². The van der Waals surface area contributed by atoms with Gasteiger partial charge in [-0.2, -0.15) is 0 Å². The number of nitrogens with two attached hydrogens (primary N) is 1. The van der Waals surface area contributed by atoms with Crippen LogP contribution in [0.1, 0.15) is 20.8 Å². The van der Waals surface area contributed by atoms with E-state index in [1.54, 1.807) is 6.20 Å². The summed E-state index contributed by atoms with van der Waals surface area (Å²) in [6.45, 7) is 9.71. The van der Waals surface area contributed by atoms with Crippen molar-refractivity contribution in [3.63, 3.8) is 0 Å². The molecule has 0 aliphatic carbocycles. The Morgan fingerprint density at radius 2 is 2.00 bits per heavy atom. The Labute approximate surface area is 121 Å². The molecule has 1 aromatic heterocycles. The van der Waals surface area contributed by atoms with Crippen molar-refractivity contribution in [3.05, 3.63) is 30.5 Å². The van der Waals surface area contributed by atoms with E-state index in [4.69, 9.17) is 5.73 Å². The lowest BCUT2D eigenvalue weighted by Gasteiger charge is -2.24. The molecular formula is C16H24N4. The van der Waals surface area contributed by atoms with Gasteiger partial charge in [-0.3, -0.25) is 4.98 Å². The fourth-order valence-electron chi connectivity index (χ4n) is 2.48. The second-order valence-electron chi connectivity index (χ2n) is 5.13. The highest BCUT2D eigenvalue weighted by Gasteiger charge is 2.10. The third-order valence-corrected chi connectivity index (χ3v) is 3.66. The Morgan fingerprint density at radius 1 is 1.25 bits per heavy atom. The molecule has 4 heteroatoms. The summed E-state index contributed by atoms with van der Waals surface area (Å²) in [6, 6.07) is 8.31. The zero-order chi connectivity index (χ0) is 14.5. The van der Waals surface area contributed by atoms with Crippen LogP contribution in [0, 0.1) is 0 Å². The van der Waals surface area contributed by atoms with E-state index >= 15 is 0 Å². The number of benzene rings is 1. The molecule has 0 spiro atoms. The summed E-state index contributed by atoms with van der Waals surface area (Å²) in [6.07, 6.45) is 1.79. The molecule has 1 aromatic carbocycles. The van der Waals surface area contributed by atoms with E-state index in [1.807, 2.05) is 24.3 Å². The van der Waals surface area contributed by atoms with Gasteiger partial charge in [0.25, 0.3) is 0 Å². The first-order valence-corrected chi connectivity index (χ1v) is 7.27. The third-order valence-electron chi connectivity index (χ3n) is 3.66. The van der Waals surface area contributed by atoms with E-state index in [9.17, 15) is 0 Å². The standard InChI is InChI=1S/C16H24N4/c1-4-20(5-2)11-12(3)19-15-9-8-14-13(16(15)17)7-6-10-18-14/h6-10,12,19H,4-5,11,17H2,1-3H3. The molecule has 0 amide bonds. The van der Waals surface area contributed by atoms with Crippen LogP contribution in [0.4, 0.5) is 11.4 Å². The van der Waals surface area contributed by atoms with E-state index in [2.05, 4.69) is 36.0 Å². The maximum Gasteiger partial charge on any atom is 0.0724 e. The lowest BCUT2D eigenvalue weighted by Crippen LogP contribution is -2.34. The second-order valence-corrected chi connectivity index (χ2v) is 5.13. The van der Waals surface area contributed by atoms with Crippen LogP contribution in [-0.2, 0) is 0 Å². The number of hydrogen-bond donors (Lipinski definition) is 2. The van der Waals surface area contributed by atoms with E-state index < -0.39 is 0 Å². The van der Waals surface area contributed by atoms with Crippen molar-refractivity contribution < 1.29 is 0 Å². The van der Waals surface area contributed by atoms with Crippen molar-refractivity contribution in [1.29, 1.82) is 0 Å². The highest BCUT2D eigenvalue weighted by atomic mass is 15.1. The number of rotatable bonds is 6. The molecule has 0 saturated carbocycles. The van der Waals surface area contributed by atoms with Gasteiger partial charge in [0, 0.05) is 24.2 Å². The van der Waals surface area contributed by atoms with Crippen LogP contribution >= 0.6 is 0 Å². The van der Waals surface area contributed by atoms with Crippen LogP contribution in [0.2, 0.25) is 0 Å². The zero-order valence-corrected chi connectivity index (χ0v) is 12.6. The number of hydrogen-bond acceptors (Lipinski definition) is 4. The van der Waals surface area contributed by atoms with Gasteiger partial charge in [-0.05, 0) is 44.3 Å². The van der Waals surface area contributed by atoms with E-state index in [1.165, 1.54) is 0 Å². The summed E-state index contributed by atoms with van der Waals surface area (Å²) >= 11 is 0. The quantitative estimate of drug-likeness (QED) is 0.794. The van der Waals surface area contributed by atoms with Crippen LogP contribution < -0.4 is 11.1 Å². The highest BCUT2D eigenvalue weighted by Crippen LogP contribution is 2.27. The molecule has 2 aromatic rings. The van der Waals surface area contributed by atoms with Crippen molar-refractivity contribution in [1.82, 2.24) is 9.88 Å². The summed E-state index contributed by atoms with van der Waals surface area (Å²) < 4.78 is 0. The fourth-order valence-corrected chi connectivity index (χ4v) is 2.48. The first kappa shape index (κ1) is 14.6. The summed E-state index contributed by atoms with van der Waals surface area (Å²) in [4.78, 5) is 6.72. The fraction of sp³-hybridized carbons (Fsp3) is 0.438. The predicted octanol–water partition coefficient (Wildman–Crippen LogP) is 2.96. The van der Waals surface area contributed by atoms with Gasteiger partial charge in [-0.15, -0.1) is 0 Å². The highest BCUT2D eigenvalue weighted by molar-refractivity contribution is 5.96. The molecule has 1 unspecified atom stereocenters. The number of aromatic nitrogens is 1. The van der Waals surface area contributed by atoms with Gasteiger partial charge in [-0.1, -0.05) is 13.8 Å². The SMILES string of the molecule is CCN(CC)CC(C)Nc1ccc2ncccc2c1N. The summed E-state index contributed by atoms with van der Waals surface area (Å²) in [5.41, 5.74) is 8.95. The molecule has 0 aliphatic heterocycles. The largest absolute Gasteiger partial charge is 0.397 e. The molecular weight excluding hydrogens is 248 g/mol. The molecule has 20 heavy (non-hydrogen) atoms. The minimum Gasteiger partial charge on any atom is -0.397 e. The van der Waals surface area contributed by atoms with E-state index in [-0.39, 0.29) is 0 Å². The van der Waals surface area contributed by atoms with Crippen molar-refractivity contribution in [3.8, 4) is 0 Å². The summed E-state index contributed by atoms with van der Waals surface area (Å²) in [7, 11) is 0. The van der Waals surface area contributed by atoms with Crippen LogP contribution in [0.3, 0.4) is 0 Å². The van der Waals surface area contributed by atoms with Crippen molar-refractivity contribution in [2.45, 2.75) is 26.8 Å². The number of nitrogens with one attached hydrogen (secondary N) is 1. The molecule has 1 heterocycles. The minimum atomic E-state index is 0.353. The monoisotopic (exact) mass is 272 g/mol. The number of nitrogens with zero attached hydrogens (tertiary/aromatic N) is 2. The summed E-state index contributed by atoms with van der Waals surface area (Å²) in [5.74, 6) is 0. The smallest absolute Gasteiger partial charge is 0.0724 e. The molecule has 108 valence electrons. The maximum atomic E-state index is 6.25. The molecule has 3 N–H and O–H groups in total. The molecule has 0 aliphatic rings. The minimum absolute atomic E-state index is 0.353. The molecule has 0 radical (unpaired) electrons. The molecule has 0 bridgehead atoms. The number of likely N-dealkylation sites (N-methyl/N-ethyl adjacent to an activating group) is 1. The lowest BCUT2D eigenvalue weighted by molar-refractivity contribution is 0.295. The van der Waals surface area contributed by atoms with Crippen LogP contribution in [0.25, 0.3) is 10.9 Å². The molecule has 2 rings (SSSR count). The van der Waals surface area contributed by atoms with Crippen LogP contribution in [-0.4, -0.2) is 35.6 Å². The van der Waals surface area contributed by atoms with Gasteiger partial charge < -0.3 is 16.0 Å². The van der Waals surface area contributed by atoms with Crippen molar-refractivity contribution in [2.24, 2.45) is 0 Å². The Morgan fingerprint density at radius 3 is 2.70 bits per heavy atom. The number of anilines is 2. The van der Waals surface area contributed by atoms with Gasteiger partial charge in [0.1, 0.15) is 0 Å². The molecule has 0 saturated heterocycles. The van der Waals surface area contributed by atoms with Gasteiger partial charge in [0.2, 0.25) is 0 Å². The third kappa shape index (κ3) is 3.20. The Balaban J connectivity index is 2.15. The van der Waals surface area contributed by atoms with E-state index in [0.29, 0.717) is 6.04 Å². The topological polar surface area (TPSA) is 54.2 Å². The molecule has 0 fully saturated rings. The average molecular weight is 272 g/mol. The number of fused-ring (bicyclic) bond motifs is 1. The molecule has 1 atom stereocenters. The van der Waals surface area contributed by atoms with Crippen LogP contribution in [0.5, 0.6) is 0 Å². The predicted molar refractivity (Wildman–Crippen MR) is 87.0 cm³/mol. The molecule has 4 nitrogen and oxygen atoms in total. The normalized spacial score (nSPS) is 12.8. The zero-order valence-electron chi connectivity index (χ0n) is 12.6. The summed E-state index contributed by atoms with van der Waals surface area (Å²) in [5, 5.41) is 4.51. The average Bonchev–Trinajstić information content (AvgIpc) is 2.48. The van der Waals surface area contributed by atoms with E-state index in [0.717, 1.165) is 41.9 Å². The first-order chi connectivity index (χ1) is 9.65. The number of nitrogen functional groups attached to an aromatic ring is 1.